The molecule has 0 fully saturated rings. The van der Waals surface area contributed by atoms with Gasteiger partial charge in [0.2, 0.25) is 0 Å². The number of halogens is 2. The van der Waals surface area contributed by atoms with E-state index in [4.69, 9.17) is 33.0 Å². The van der Waals surface area contributed by atoms with Crippen LogP contribution in [0.25, 0.3) is 0 Å². The lowest BCUT2D eigenvalue weighted by atomic mass is 10.3. The fourth-order valence-electron chi connectivity index (χ4n) is 1.08. The Labute approximate surface area is 99.0 Å². The molecule has 0 aliphatic carbocycles. The maximum Gasteiger partial charge on any atom is 0.138 e. The third-order valence-corrected chi connectivity index (χ3v) is 2.34. The van der Waals surface area contributed by atoms with Crippen molar-refractivity contribution in [1.82, 2.24) is 0 Å². The van der Waals surface area contributed by atoms with E-state index in [0.717, 1.165) is 6.54 Å². The summed E-state index contributed by atoms with van der Waals surface area (Å²) in [7, 11) is 0. The van der Waals surface area contributed by atoms with Crippen molar-refractivity contribution in [2.24, 2.45) is 0 Å². The first-order valence-electron chi connectivity index (χ1n) is 4.74. The molecule has 0 aliphatic heterocycles. The number of rotatable bonds is 6. The highest BCUT2D eigenvalue weighted by Crippen LogP contribution is 2.27. The minimum Gasteiger partial charge on any atom is -0.486 e. The molecule has 0 radical (unpaired) electrons. The Morgan fingerprint density at radius 1 is 1.27 bits per heavy atom. The molecular formula is C10H14Cl2NO2+. The van der Waals surface area contributed by atoms with Crippen LogP contribution in [-0.2, 0) is 0 Å². The molecule has 0 atom stereocenters. The molecule has 15 heavy (non-hydrogen) atoms. The second kappa shape index (κ2) is 6.90. The topological polar surface area (TPSA) is 46.1 Å². The van der Waals surface area contributed by atoms with Crippen LogP contribution in [0.4, 0.5) is 0 Å². The van der Waals surface area contributed by atoms with Crippen LogP contribution in [0.1, 0.15) is 0 Å². The van der Waals surface area contributed by atoms with Gasteiger partial charge in [0.1, 0.15) is 18.9 Å². The maximum atomic E-state index is 8.55. The van der Waals surface area contributed by atoms with E-state index in [9.17, 15) is 0 Å². The first-order valence-corrected chi connectivity index (χ1v) is 5.50. The normalized spacial score (nSPS) is 10.3. The Morgan fingerprint density at radius 3 is 2.73 bits per heavy atom. The molecule has 0 bridgehead atoms. The van der Waals surface area contributed by atoms with Crippen molar-refractivity contribution in [3.05, 3.63) is 28.2 Å². The number of ether oxygens (including phenoxy) is 1. The maximum absolute atomic E-state index is 8.55. The van der Waals surface area contributed by atoms with E-state index < -0.39 is 0 Å². The number of benzene rings is 1. The van der Waals surface area contributed by atoms with Gasteiger partial charge in [-0.3, -0.25) is 0 Å². The van der Waals surface area contributed by atoms with E-state index >= 15 is 0 Å². The van der Waals surface area contributed by atoms with Crippen LogP contribution in [0.3, 0.4) is 0 Å². The van der Waals surface area contributed by atoms with Gasteiger partial charge in [-0.2, -0.15) is 0 Å². The zero-order chi connectivity index (χ0) is 11.1. The second-order valence-corrected chi connectivity index (χ2v) is 3.86. The molecular weight excluding hydrogens is 237 g/mol. The van der Waals surface area contributed by atoms with E-state index in [1.807, 2.05) is 5.32 Å². The fraction of sp³-hybridized carbons (Fsp3) is 0.400. The number of hydrogen-bond acceptors (Lipinski definition) is 2. The molecule has 0 heterocycles. The molecule has 1 rings (SSSR count). The van der Waals surface area contributed by atoms with Crippen molar-refractivity contribution >= 4 is 23.2 Å². The van der Waals surface area contributed by atoms with E-state index in [1.165, 1.54) is 0 Å². The number of aliphatic hydroxyl groups is 1. The molecule has 3 nitrogen and oxygen atoms in total. The largest absolute Gasteiger partial charge is 0.486 e. The predicted molar refractivity (Wildman–Crippen MR) is 60.7 cm³/mol. The molecule has 84 valence electrons. The second-order valence-electron chi connectivity index (χ2n) is 3.01. The van der Waals surface area contributed by atoms with Crippen molar-refractivity contribution in [2.45, 2.75) is 0 Å². The summed E-state index contributed by atoms with van der Waals surface area (Å²) in [6.07, 6.45) is 0. The van der Waals surface area contributed by atoms with Crippen molar-refractivity contribution in [2.75, 3.05) is 26.3 Å². The van der Waals surface area contributed by atoms with E-state index in [2.05, 4.69) is 0 Å². The van der Waals surface area contributed by atoms with Crippen molar-refractivity contribution in [1.29, 1.82) is 0 Å². The number of aliphatic hydroxyl groups excluding tert-OH is 1. The van der Waals surface area contributed by atoms with Crippen molar-refractivity contribution < 1.29 is 15.2 Å². The summed E-state index contributed by atoms with van der Waals surface area (Å²) in [5.74, 6) is 0.637. The molecule has 1 aromatic carbocycles. The van der Waals surface area contributed by atoms with Gasteiger partial charge in [-0.25, -0.2) is 0 Å². The zero-order valence-corrected chi connectivity index (χ0v) is 9.76. The van der Waals surface area contributed by atoms with Gasteiger partial charge in [0, 0.05) is 5.02 Å². The Bertz CT molecular complexity index is 307. The molecule has 3 N–H and O–H groups in total. The summed E-state index contributed by atoms with van der Waals surface area (Å²) < 4.78 is 5.43. The Kier molecular flexibility index (Phi) is 5.79. The average Bonchev–Trinajstić information content (AvgIpc) is 2.20. The number of quaternary nitrogens is 1. The van der Waals surface area contributed by atoms with Crippen molar-refractivity contribution in [3.8, 4) is 5.75 Å². The summed E-state index contributed by atoms with van der Waals surface area (Å²) in [6, 6.07) is 5.13. The van der Waals surface area contributed by atoms with Gasteiger partial charge < -0.3 is 15.2 Å². The van der Waals surface area contributed by atoms with Crippen LogP contribution >= 0.6 is 23.2 Å². The quantitative estimate of drug-likeness (QED) is 0.739. The van der Waals surface area contributed by atoms with Crippen LogP contribution in [0, 0.1) is 0 Å². The summed E-state index contributed by atoms with van der Waals surface area (Å²) in [6.45, 7) is 2.22. The molecule has 0 spiro atoms. The number of nitrogens with two attached hydrogens (primary N) is 1. The minimum absolute atomic E-state index is 0.182. The van der Waals surface area contributed by atoms with Gasteiger partial charge in [-0.05, 0) is 18.2 Å². The lowest BCUT2D eigenvalue weighted by Gasteiger charge is -2.07. The highest BCUT2D eigenvalue weighted by atomic mass is 35.5. The Balaban J connectivity index is 2.31. The monoisotopic (exact) mass is 250 g/mol. The van der Waals surface area contributed by atoms with Crippen LogP contribution in [0.15, 0.2) is 18.2 Å². The Morgan fingerprint density at radius 2 is 2.07 bits per heavy atom. The third kappa shape index (κ3) is 4.71. The van der Waals surface area contributed by atoms with Gasteiger partial charge in [0.25, 0.3) is 0 Å². The molecule has 0 amide bonds. The standard InChI is InChI=1S/C10H13Cl2NO2/c11-8-1-2-10(9(12)7-8)15-6-4-13-3-5-14/h1-2,7,13-14H,3-6H2/p+1. The van der Waals surface area contributed by atoms with E-state index in [-0.39, 0.29) is 6.61 Å². The van der Waals surface area contributed by atoms with E-state index in [0.29, 0.717) is 28.9 Å². The summed E-state index contributed by atoms with van der Waals surface area (Å²) in [5, 5.41) is 11.6. The summed E-state index contributed by atoms with van der Waals surface area (Å²) >= 11 is 11.7. The van der Waals surface area contributed by atoms with Crippen LogP contribution < -0.4 is 10.1 Å². The third-order valence-electron chi connectivity index (χ3n) is 1.81. The molecule has 0 unspecified atom stereocenters. The van der Waals surface area contributed by atoms with Gasteiger partial charge in [0.15, 0.2) is 0 Å². The highest BCUT2D eigenvalue weighted by Gasteiger charge is 2.02. The molecule has 0 aromatic heterocycles. The first kappa shape index (κ1) is 12.6. The minimum atomic E-state index is 0.182. The average molecular weight is 251 g/mol. The first-order chi connectivity index (χ1) is 7.24. The predicted octanol–water partition coefficient (Wildman–Crippen LogP) is 0.928. The van der Waals surface area contributed by atoms with Gasteiger partial charge in [-0.15, -0.1) is 0 Å². The lowest BCUT2D eigenvalue weighted by molar-refractivity contribution is -0.656. The SMILES string of the molecule is OCC[NH2+]CCOc1ccc(Cl)cc1Cl. The summed E-state index contributed by atoms with van der Waals surface area (Å²) in [5.41, 5.74) is 0. The van der Waals surface area contributed by atoms with Crippen LogP contribution in [0.2, 0.25) is 10.0 Å². The summed E-state index contributed by atoms with van der Waals surface area (Å²) in [4.78, 5) is 0. The number of hydrogen-bond donors (Lipinski definition) is 2. The van der Waals surface area contributed by atoms with Gasteiger partial charge in [-0.1, -0.05) is 23.2 Å². The molecule has 0 aliphatic rings. The molecule has 5 heteroatoms. The van der Waals surface area contributed by atoms with Crippen LogP contribution in [0.5, 0.6) is 5.75 Å². The molecule has 0 saturated carbocycles. The van der Waals surface area contributed by atoms with Crippen LogP contribution in [-0.4, -0.2) is 31.4 Å². The highest BCUT2D eigenvalue weighted by molar-refractivity contribution is 6.35. The Hall–Kier alpha value is -0.480. The molecule has 1 aromatic rings. The zero-order valence-electron chi connectivity index (χ0n) is 8.25. The smallest absolute Gasteiger partial charge is 0.138 e. The van der Waals surface area contributed by atoms with E-state index in [1.54, 1.807) is 18.2 Å². The lowest BCUT2D eigenvalue weighted by Crippen LogP contribution is -2.86. The fourth-order valence-corrected chi connectivity index (χ4v) is 1.54. The van der Waals surface area contributed by atoms with Crippen molar-refractivity contribution in [3.63, 3.8) is 0 Å². The molecule has 0 saturated heterocycles. The van der Waals surface area contributed by atoms with Gasteiger partial charge in [0.05, 0.1) is 18.2 Å². The van der Waals surface area contributed by atoms with Gasteiger partial charge >= 0.3 is 0 Å².